The Bertz CT molecular complexity index is 543. The summed E-state index contributed by atoms with van der Waals surface area (Å²) in [5.74, 6) is 0.781. The highest BCUT2D eigenvalue weighted by Crippen LogP contribution is 2.20. The molecule has 0 radical (unpaired) electrons. The van der Waals surface area contributed by atoms with Crippen LogP contribution in [0.4, 0.5) is 0 Å². The number of aliphatic hydroxyl groups is 1. The number of hydrogen-bond acceptors (Lipinski definition) is 4. The molecule has 0 bridgehead atoms. The van der Waals surface area contributed by atoms with Gasteiger partial charge in [-0.25, -0.2) is 9.97 Å². The summed E-state index contributed by atoms with van der Waals surface area (Å²) >= 11 is 0. The van der Waals surface area contributed by atoms with Crippen LogP contribution in [0.1, 0.15) is 24.6 Å². The van der Waals surface area contributed by atoms with Crippen LogP contribution in [0.15, 0.2) is 36.5 Å². The molecule has 4 heteroatoms. The second-order valence-corrected chi connectivity index (χ2v) is 4.64. The highest BCUT2D eigenvalue weighted by atomic mass is 16.3. The second-order valence-electron chi connectivity index (χ2n) is 4.64. The van der Waals surface area contributed by atoms with Gasteiger partial charge in [0.05, 0.1) is 5.69 Å². The van der Waals surface area contributed by atoms with Crippen LogP contribution < -0.4 is 5.32 Å². The molecule has 0 amide bonds. The molecule has 0 aliphatic heterocycles. The van der Waals surface area contributed by atoms with Crippen LogP contribution >= 0.6 is 0 Å². The van der Waals surface area contributed by atoms with E-state index in [-0.39, 0.29) is 6.61 Å². The Morgan fingerprint density at radius 1 is 1.20 bits per heavy atom. The van der Waals surface area contributed by atoms with Gasteiger partial charge in [-0.05, 0) is 31.0 Å². The maximum atomic E-state index is 8.75. The van der Waals surface area contributed by atoms with Gasteiger partial charge in [-0.3, -0.25) is 0 Å². The molecule has 0 spiro atoms. The molecule has 0 unspecified atom stereocenters. The van der Waals surface area contributed by atoms with Crippen molar-refractivity contribution in [3.8, 4) is 11.4 Å². The highest BCUT2D eigenvalue weighted by Gasteiger charge is 2.06. The first-order chi connectivity index (χ1) is 9.85. The Balaban J connectivity index is 2.13. The van der Waals surface area contributed by atoms with Gasteiger partial charge in [-0.1, -0.05) is 31.2 Å². The lowest BCUT2D eigenvalue weighted by molar-refractivity contribution is 0.286. The predicted octanol–water partition coefficient (Wildman–Crippen LogP) is 2.18. The summed E-state index contributed by atoms with van der Waals surface area (Å²) in [5, 5.41) is 12.0. The van der Waals surface area contributed by atoms with Gasteiger partial charge in [0.25, 0.3) is 0 Å². The lowest BCUT2D eigenvalue weighted by Crippen LogP contribution is -2.16. The molecule has 106 valence electrons. The van der Waals surface area contributed by atoms with Crippen molar-refractivity contribution in [2.75, 3.05) is 13.2 Å². The van der Waals surface area contributed by atoms with Crippen molar-refractivity contribution < 1.29 is 5.11 Å². The van der Waals surface area contributed by atoms with Gasteiger partial charge in [0.1, 0.15) is 0 Å². The molecule has 1 heterocycles. The van der Waals surface area contributed by atoms with Gasteiger partial charge in [-0.15, -0.1) is 0 Å². The van der Waals surface area contributed by atoms with E-state index in [9.17, 15) is 0 Å². The summed E-state index contributed by atoms with van der Waals surface area (Å²) in [6, 6.07) is 10.2. The first-order valence-electron chi connectivity index (χ1n) is 7.07. The SMILES string of the molecule is CCc1ccccc1-c1nccc(CNCCCO)n1. The van der Waals surface area contributed by atoms with Crippen LogP contribution in [0.3, 0.4) is 0 Å². The smallest absolute Gasteiger partial charge is 0.159 e. The van der Waals surface area contributed by atoms with E-state index in [1.54, 1.807) is 6.20 Å². The van der Waals surface area contributed by atoms with Crippen molar-refractivity contribution >= 4 is 0 Å². The number of aryl methyl sites for hydroxylation is 1. The molecular formula is C16H21N3O. The number of nitrogens with zero attached hydrogens (tertiary/aromatic N) is 2. The highest BCUT2D eigenvalue weighted by molar-refractivity contribution is 5.60. The topological polar surface area (TPSA) is 58.0 Å². The van der Waals surface area contributed by atoms with Gasteiger partial charge in [0.15, 0.2) is 5.82 Å². The van der Waals surface area contributed by atoms with Crippen molar-refractivity contribution in [1.29, 1.82) is 0 Å². The third kappa shape index (κ3) is 3.85. The summed E-state index contributed by atoms with van der Waals surface area (Å²) in [4.78, 5) is 9.00. The van der Waals surface area contributed by atoms with Crippen molar-refractivity contribution in [3.63, 3.8) is 0 Å². The molecule has 1 aromatic heterocycles. The zero-order chi connectivity index (χ0) is 14.2. The fourth-order valence-electron chi connectivity index (χ4n) is 2.09. The second kappa shape index (κ2) is 7.72. The van der Waals surface area contributed by atoms with Crippen LogP contribution in [0, 0.1) is 0 Å². The van der Waals surface area contributed by atoms with Gasteiger partial charge in [-0.2, -0.15) is 0 Å². The summed E-state index contributed by atoms with van der Waals surface area (Å²) in [5.41, 5.74) is 3.34. The first kappa shape index (κ1) is 14.6. The third-order valence-electron chi connectivity index (χ3n) is 3.17. The van der Waals surface area contributed by atoms with Gasteiger partial charge in [0, 0.05) is 24.9 Å². The number of aromatic nitrogens is 2. The number of hydrogen-bond donors (Lipinski definition) is 2. The summed E-state index contributed by atoms with van der Waals surface area (Å²) in [6.45, 7) is 3.84. The van der Waals surface area contributed by atoms with E-state index in [2.05, 4.69) is 34.3 Å². The van der Waals surface area contributed by atoms with E-state index in [4.69, 9.17) is 5.11 Å². The van der Waals surface area contributed by atoms with E-state index in [1.165, 1.54) is 5.56 Å². The third-order valence-corrected chi connectivity index (χ3v) is 3.17. The lowest BCUT2D eigenvalue weighted by Gasteiger charge is -2.08. The van der Waals surface area contributed by atoms with Crippen molar-refractivity contribution in [3.05, 3.63) is 47.8 Å². The van der Waals surface area contributed by atoms with Crippen LogP contribution in [0.5, 0.6) is 0 Å². The molecule has 20 heavy (non-hydrogen) atoms. The Labute approximate surface area is 119 Å². The number of nitrogens with one attached hydrogen (secondary N) is 1. The van der Waals surface area contributed by atoms with Crippen molar-refractivity contribution in [1.82, 2.24) is 15.3 Å². The van der Waals surface area contributed by atoms with Gasteiger partial charge >= 0.3 is 0 Å². The Morgan fingerprint density at radius 2 is 2.05 bits per heavy atom. The number of aliphatic hydroxyl groups excluding tert-OH is 1. The van der Waals surface area contributed by atoms with E-state index < -0.39 is 0 Å². The Hall–Kier alpha value is -1.78. The molecule has 0 aliphatic rings. The quantitative estimate of drug-likeness (QED) is 0.758. The standard InChI is InChI=1S/C16H21N3O/c1-2-13-6-3-4-7-15(13)16-18-10-8-14(19-16)12-17-9-5-11-20/h3-4,6-8,10,17,20H,2,5,9,11-12H2,1H3. The van der Waals surface area contributed by atoms with E-state index in [0.29, 0.717) is 6.54 Å². The van der Waals surface area contributed by atoms with E-state index in [0.717, 1.165) is 36.5 Å². The molecule has 2 N–H and O–H groups in total. The molecular weight excluding hydrogens is 250 g/mol. The Kier molecular flexibility index (Phi) is 5.65. The zero-order valence-corrected chi connectivity index (χ0v) is 11.8. The first-order valence-corrected chi connectivity index (χ1v) is 7.07. The molecule has 0 fully saturated rings. The number of rotatable bonds is 7. The van der Waals surface area contributed by atoms with Crippen LogP contribution in [0.2, 0.25) is 0 Å². The van der Waals surface area contributed by atoms with E-state index in [1.807, 2.05) is 18.2 Å². The normalized spacial score (nSPS) is 10.7. The maximum Gasteiger partial charge on any atom is 0.159 e. The zero-order valence-electron chi connectivity index (χ0n) is 11.8. The fraction of sp³-hybridized carbons (Fsp3) is 0.375. The molecule has 1 aromatic carbocycles. The minimum Gasteiger partial charge on any atom is -0.396 e. The lowest BCUT2D eigenvalue weighted by atomic mass is 10.0. The minimum atomic E-state index is 0.214. The summed E-state index contributed by atoms with van der Waals surface area (Å²) in [7, 11) is 0. The van der Waals surface area contributed by atoms with Crippen molar-refractivity contribution in [2.24, 2.45) is 0 Å². The van der Waals surface area contributed by atoms with Crippen molar-refractivity contribution in [2.45, 2.75) is 26.3 Å². The largest absolute Gasteiger partial charge is 0.396 e. The molecule has 4 nitrogen and oxygen atoms in total. The van der Waals surface area contributed by atoms with Crippen LogP contribution in [0.25, 0.3) is 11.4 Å². The van der Waals surface area contributed by atoms with Crippen LogP contribution in [-0.4, -0.2) is 28.2 Å². The molecule has 0 aliphatic carbocycles. The predicted molar refractivity (Wildman–Crippen MR) is 80.3 cm³/mol. The Morgan fingerprint density at radius 3 is 2.85 bits per heavy atom. The molecule has 2 aromatic rings. The maximum absolute atomic E-state index is 8.75. The van der Waals surface area contributed by atoms with Crippen LogP contribution in [-0.2, 0) is 13.0 Å². The monoisotopic (exact) mass is 271 g/mol. The molecule has 0 atom stereocenters. The number of benzene rings is 1. The van der Waals surface area contributed by atoms with E-state index >= 15 is 0 Å². The molecule has 2 rings (SSSR count). The minimum absolute atomic E-state index is 0.214. The average Bonchev–Trinajstić information content (AvgIpc) is 2.52. The average molecular weight is 271 g/mol. The molecule has 0 saturated heterocycles. The summed E-state index contributed by atoms with van der Waals surface area (Å²) < 4.78 is 0. The van der Waals surface area contributed by atoms with Gasteiger partial charge in [0.2, 0.25) is 0 Å². The van der Waals surface area contributed by atoms with Gasteiger partial charge < -0.3 is 10.4 Å². The molecule has 0 saturated carbocycles. The fourth-order valence-corrected chi connectivity index (χ4v) is 2.09. The summed E-state index contributed by atoms with van der Waals surface area (Å²) in [6.07, 6.45) is 3.53.